The van der Waals surface area contributed by atoms with Gasteiger partial charge in [-0.15, -0.1) is 0 Å². The van der Waals surface area contributed by atoms with Crippen molar-refractivity contribution < 1.29 is 19.6 Å². The second-order valence-corrected chi connectivity index (χ2v) is 4.97. The van der Waals surface area contributed by atoms with Crippen LogP contribution in [0.1, 0.15) is 13.3 Å². The van der Waals surface area contributed by atoms with Crippen molar-refractivity contribution in [2.24, 2.45) is 0 Å². The molecule has 8 heteroatoms. The summed E-state index contributed by atoms with van der Waals surface area (Å²) in [5.41, 5.74) is -0.122. The number of carboxylic acids is 1. The average molecular weight is 347 g/mol. The van der Waals surface area contributed by atoms with Gasteiger partial charge in [0.1, 0.15) is 18.4 Å². The van der Waals surface area contributed by atoms with E-state index in [1.165, 1.54) is 12.1 Å². The van der Waals surface area contributed by atoms with Crippen molar-refractivity contribution in [3.63, 3.8) is 0 Å². The minimum absolute atomic E-state index is 0.108. The molecular formula is C12H15BrN2O5. The minimum atomic E-state index is -1.03. The van der Waals surface area contributed by atoms with Crippen molar-refractivity contribution in [1.82, 2.24) is 5.32 Å². The predicted octanol–water partition coefficient (Wildman–Crippen LogP) is 2.19. The zero-order chi connectivity index (χ0) is 15.1. The molecular weight excluding hydrogens is 332 g/mol. The van der Waals surface area contributed by atoms with E-state index in [9.17, 15) is 14.9 Å². The topological polar surface area (TPSA) is 102 Å². The normalized spacial score (nSPS) is 11.9. The van der Waals surface area contributed by atoms with Crippen LogP contribution >= 0.6 is 15.9 Å². The number of nitro groups is 1. The molecule has 0 radical (unpaired) electrons. The SMILES string of the molecule is CCCNC(COc1cc(Br)cc([N+](=O)[O-])c1)C(=O)O. The molecule has 0 amide bonds. The predicted molar refractivity (Wildman–Crippen MR) is 76.0 cm³/mol. The first-order chi connectivity index (χ1) is 9.43. The van der Waals surface area contributed by atoms with E-state index in [1.54, 1.807) is 6.07 Å². The van der Waals surface area contributed by atoms with Crippen molar-refractivity contribution in [2.45, 2.75) is 19.4 Å². The number of hydrogen-bond donors (Lipinski definition) is 2. The maximum atomic E-state index is 11.0. The summed E-state index contributed by atoms with van der Waals surface area (Å²) in [7, 11) is 0. The van der Waals surface area contributed by atoms with Crippen LogP contribution in [0.4, 0.5) is 5.69 Å². The summed E-state index contributed by atoms with van der Waals surface area (Å²) in [4.78, 5) is 21.2. The second kappa shape index (κ2) is 7.81. The summed E-state index contributed by atoms with van der Waals surface area (Å²) < 4.78 is 5.82. The summed E-state index contributed by atoms with van der Waals surface area (Å²) in [6.45, 7) is 2.37. The van der Waals surface area contributed by atoms with Crippen LogP contribution in [-0.4, -0.2) is 35.2 Å². The molecule has 110 valence electrons. The highest BCUT2D eigenvalue weighted by Crippen LogP contribution is 2.26. The van der Waals surface area contributed by atoms with Gasteiger partial charge in [0, 0.05) is 10.5 Å². The number of ether oxygens (including phenoxy) is 1. The Labute approximate surface area is 124 Å². The van der Waals surface area contributed by atoms with Crippen LogP contribution in [0.5, 0.6) is 5.75 Å². The van der Waals surface area contributed by atoms with Crippen molar-refractivity contribution in [3.8, 4) is 5.75 Å². The monoisotopic (exact) mass is 346 g/mol. The fourth-order valence-electron chi connectivity index (χ4n) is 1.45. The number of nitro benzene ring substituents is 1. The fraction of sp³-hybridized carbons (Fsp3) is 0.417. The van der Waals surface area contributed by atoms with Crippen LogP contribution in [0, 0.1) is 10.1 Å². The van der Waals surface area contributed by atoms with Gasteiger partial charge in [-0.2, -0.15) is 0 Å². The standard InChI is InChI=1S/C12H15BrN2O5/c1-2-3-14-11(12(16)17)7-20-10-5-8(13)4-9(6-10)15(18)19/h4-6,11,14H,2-3,7H2,1H3,(H,16,17). The van der Waals surface area contributed by atoms with Crippen molar-refractivity contribution in [3.05, 3.63) is 32.8 Å². The van der Waals surface area contributed by atoms with Gasteiger partial charge in [-0.3, -0.25) is 14.9 Å². The Morgan fingerprint density at radius 1 is 1.55 bits per heavy atom. The van der Waals surface area contributed by atoms with Gasteiger partial charge >= 0.3 is 5.97 Å². The van der Waals surface area contributed by atoms with Crippen LogP contribution in [0.15, 0.2) is 22.7 Å². The van der Waals surface area contributed by atoms with Crippen LogP contribution in [0.3, 0.4) is 0 Å². The highest BCUT2D eigenvalue weighted by atomic mass is 79.9. The maximum absolute atomic E-state index is 11.0. The molecule has 1 atom stereocenters. The van der Waals surface area contributed by atoms with E-state index in [0.29, 0.717) is 11.0 Å². The van der Waals surface area contributed by atoms with Gasteiger partial charge in [-0.05, 0) is 19.0 Å². The molecule has 20 heavy (non-hydrogen) atoms. The number of halogens is 1. The molecule has 1 aromatic rings. The molecule has 0 aliphatic rings. The van der Waals surface area contributed by atoms with Crippen molar-refractivity contribution >= 4 is 27.6 Å². The van der Waals surface area contributed by atoms with Crippen LogP contribution in [0.25, 0.3) is 0 Å². The Morgan fingerprint density at radius 2 is 2.25 bits per heavy atom. The number of benzene rings is 1. The van der Waals surface area contributed by atoms with Gasteiger partial charge in [-0.1, -0.05) is 22.9 Å². The van der Waals surface area contributed by atoms with Crippen LogP contribution in [-0.2, 0) is 4.79 Å². The van der Waals surface area contributed by atoms with Gasteiger partial charge in [0.15, 0.2) is 0 Å². The first kappa shape index (κ1) is 16.4. The Kier molecular flexibility index (Phi) is 6.40. The zero-order valence-electron chi connectivity index (χ0n) is 10.8. The number of rotatable bonds is 8. The second-order valence-electron chi connectivity index (χ2n) is 4.06. The lowest BCUT2D eigenvalue weighted by Gasteiger charge is -2.15. The fourth-order valence-corrected chi connectivity index (χ4v) is 1.91. The number of non-ortho nitro benzene ring substituents is 1. The molecule has 0 aromatic heterocycles. The Morgan fingerprint density at radius 3 is 2.80 bits per heavy atom. The number of aliphatic carboxylic acids is 1. The summed E-state index contributed by atoms with van der Waals surface area (Å²) in [6, 6.07) is 3.29. The Bertz CT molecular complexity index is 495. The summed E-state index contributed by atoms with van der Waals surface area (Å²) >= 11 is 3.14. The van der Waals surface area contributed by atoms with E-state index >= 15 is 0 Å². The first-order valence-electron chi connectivity index (χ1n) is 5.98. The Balaban J connectivity index is 2.72. The smallest absolute Gasteiger partial charge is 0.324 e. The van der Waals surface area contributed by atoms with E-state index in [0.717, 1.165) is 6.42 Å². The summed E-state index contributed by atoms with van der Waals surface area (Å²) in [6.07, 6.45) is 0.798. The third-order valence-corrected chi connectivity index (χ3v) is 2.88. The molecule has 2 N–H and O–H groups in total. The van der Waals surface area contributed by atoms with Gasteiger partial charge in [0.25, 0.3) is 5.69 Å². The number of carbonyl (C=O) groups is 1. The largest absolute Gasteiger partial charge is 0.491 e. The van der Waals surface area contributed by atoms with Gasteiger partial charge in [0.2, 0.25) is 0 Å². The van der Waals surface area contributed by atoms with Gasteiger partial charge in [0.05, 0.1) is 11.0 Å². The lowest BCUT2D eigenvalue weighted by molar-refractivity contribution is -0.385. The molecule has 0 fully saturated rings. The number of nitrogens with one attached hydrogen (secondary N) is 1. The van der Waals surface area contributed by atoms with E-state index in [1.807, 2.05) is 6.92 Å². The molecule has 0 aliphatic carbocycles. The molecule has 7 nitrogen and oxygen atoms in total. The first-order valence-corrected chi connectivity index (χ1v) is 6.77. The van der Waals surface area contributed by atoms with Crippen molar-refractivity contribution in [1.29, 1.82) is 0 Å². The molecule has 0 bridgehead atoms. The number of hydrogen-bond acceptors (Lipinski definition) is 5. The molecule has 1 rings (SSSR count). The lowest BCUT2D eigenvalue weighted by Crippen LogP contribution is -2.41. The molecule has 0 spiro atoms. The molecule has 0 heterocycles. The van der Waals surface area contributed by atoms with E-state index in [-0.39, 0.29) is 18.0 Å². The average Bonchev–Trinajstić information content (AvgIpc) is 2.37. The number of carboxylic acid groups (broad SMARTS) is 1. The van der Waals surface area contributed by atoms with Crippen molar-refractivity contribution in [2.75, 3.05) is 13.2 Å². The summed E-state index contributed by atoms with van der Waals surface area (Å²) in [5.74, 6) is -0.779. The minimum Gasteiger partial charge on any atom is -0.491 e. The molecule has 1 unspecified atom stereocenters. The third kappa shape index (κ3) is 5.14. The van der Waals surface area contributed by atoms with E-state index < -0.39 is 16.9 Å². The number of nitrogens with zero attached hydrogens (tertiary/aromatic N) is 1. The highest BCUT2D eigenvalue weighted by molar-refractivity contribution is 9.10. The lowest BCUT2D eigenvalue weighted by atomic mass is 10.3. The molecule has 0 aliphatic heterocycles. The van der Waals surface area contributed by atoms with Gasteiger partial charge < -0.3 is 15.2 Å². The molecule has 0 saturated heterocycles. The molecule has 0 saturated carbocycles. The van der Waals surface area contributed by atoms with E-state index in [4.69, 9.17) is 9.84 Å². The maximum Gasteiger partial charge on any atom is 0.324 e. The van der Waals surface area contributed by atoms with Crippen LogP contribution < -0.4 is 10.1 Å². The highest BCUT2D eigenvalue weighted by Gasteiger charge is 2.18. The zero-order valence-corrected chi connectivity index (χ0v) is 12.4. The Hall–Kier alpha value is -1.67. The van der Waals surface area contributed by atoms with E-state index in [2.05, 4.69) is 21.2 Å². The quantitative estimate of drug-likeness (QED) is 0.552. The van der Waals surface area contributed by atoms with Crippen LogP contribution in [0.2, 0.25) is 0 Å². The van der Waals surface area contributed by atoms with Gasteiger partial charge in [-0.25, -0.2) is 0 Å². The molecule has 1 aromatic carbocycles. The third-order valence-electron chi connectivity index (χ3n) is 2.42. The summed E-state index contributed by atoms with van der Waals surface area (Å²) in [5, 5.41) is 22.6.